The minimum Gasteiger partial charge on any atom is -0.365 e. The number of ether oxygens (including phenoxy) is 1. The normalized spacial score (nSPS) is 24.0. The highest BCUT2D eigenvalue weighted by molar-refractivity contribution is 4.43. The van der Waals surface area contributed by atoms with Gasteiger partial charge >= 0.3 is 1.43 Å². The Morgan fingerprint density at radius 3 is 3.00 bits per heavy atom. The molecule has 1 rings (SSSR count). The molecule has 0 aromatic carbocycles. The molecule has 0 saturated carbocycles. The van der Waals surface area contributed by atoms with Crippen molar-refractivity contribution in [3.05, 3.63) is 0 Å². The number of hydrogen-bond donors (Lipinski definition) is 1. The van der Waals surface area contributed by atoms with Crippen molar-refractivity contribution in [2.24, 2.45) is 0 Å². The molecule has 1 aliphatic rings. The zero-order valence-corrected chi connectivity index (χ0v) is 3.03. The van der Waals surface area contributed by atoms with Crippen LogP contribution >= 0.6 is 0 Å². The summed E-state index contributed by atoms with van der Waals surface area (Å²) in [6, 6.07) is 0. The van der Waals surface area contributed by atoms with E-state index in [1.165, 1.54) is 0 Å². The van der Waals surface area contributed by atoms with Crippen LogP contribution in [0.3, 0.4) is 0 Å². The van der Waals surface area contributed by atoms with E-state index < -0.39 is 0 Å². The molecule has 1 fully saturated rings. The molecule has 2 nitrogen and oxygen atoms in total. The predicted octanol–water partition coefficient (Wildman–Crippen LogP) is -0.324. The quantitative estimate of drug-likeness (QED) is 0.425. The Bertz CT molecular complexity index is 22.4. The molecule has 0 unspecified atom stereocenters. The smallest absolute Gasteiger partial charge is 0.365 e. The van der Waals surface area contributed by atoms with Gasteiger partial charge in [-0.25, -0.2) is 0 Å². The molecule has 1 saturated heterocycles. The Morgan fingerprint density at radius 2 is 2.80 bits per heavy atom. The van der Waals surface area contributed by atoms with Crippen molar-refractivity contribution < 1.29 is 6.16 Å². The van der Waals surface area contributed by atoms with Crippen LogP contribution in [0.15, 0.2) is 0 Å². The lowest BCUT2D eigenvalue weighted by molar-refractivity contribution is 0.194. The number of nitrogens with one attached hydrogen (secondary N) is 1. The Morgan fingerprint density at radius 1 is 1.80 bits per heavy atom. The van der Waals surface area contributed by atoms with Crippen LogP contribution in [0.25, 0.3) is 0 Å². The van der Waals surface area contributed by atoms with Gasteiger partial charge in [0.2, 0.25) is 0 Å². The van der Waals surface area contributed by atoms with Crippen LogP contribution in [0.4, 0.5) is 0 Å². The van der Waals surface area contributed by atoms with Gasteiger partial charge in [-0.3, -0.25) is 5.32 Å². The van der Waals surface area contributed by atoms with Gasteiger partial charge in [-0.2, -0.15) is 0 Å². The van der Waals surface area contributed by atoms with Crippen molar-refractivity contribution in [3.63, 3.8) is 0 Å². The summed E-state index contributed by atoms with van der Waals surface area (Å²) in [6.07, 6.45) is 0. The molecule has 0 amide bonds. The summed E-state index contributed by atoms with van der Waals surface area (Å²) in [4.78, 5) is 0. The first kappa shape index (κ1) is 3.12. The highest BCUT2D eigenvalue weighted by atomic mass is 16.5. The lowest BCUT2D eigenvalue weighted by Gasteiger charge is -1.76. The van der Waals surface area contributed by atoms with E-state index in [9.17, 15) is 0 Å². The second kappa shape index (κ2) is 1.38. The van der Waals surface area contributed by atoms with E-state index >= 15 is 0 Å². The van der Waals surface area contributed by atoms with E-state index in [-0.39, 0.29) is 1.43 Å². The second-order valence-corrected chi connectivity index (χ2v) is 1.05. The molecular formula is C3H8NO+. The highest BCUT2D eigenvalue weighted by Gasteiger charge is 1.92. The predicted molar refractivity (Wildman–Crippen MR) is 19.9 cm³/mol. The largest absolute Gasteiger partial charge is 1.00 e. The Kier molecular flexibility index (Phi) is 0.862. The molecule has 1 N–H and O–H groups in total. The summed E-state index contributed by atoms with van der Waals surface area (Å²) >= 11 is 0. The van der Waals surface area contributed by atoms with Gasteiger partial charge in [0.15, 0.2) is 0 Å². The van der Waals surface area contributed by atoms with Crippen LogP contribution in [0, 0.1) is 0 Å². The fraction of sp³-hybridized carbons (Fsp3) is 1.00. The summed E-state index contributed by atoms with van der Waals surface area (Å²) in [5, 5.41) is 3.00. The first-order valence-corrected chi connectivity index (χ1v) is 1.78. The molecule has 0 aromatic heterocycles. The lowest BCUT2D eigenvalue weighted by atomic mass is 10.7. The minimum absolute atomic E-state index is 0. The molecule has 1 heterocycles. The fourth-order valence-corrected chi connectivity index (χ4v) is 0.361. The van der Waals surface area contributed by atoms with Crippen LogP contribution < -0.4 is 5.32 Å². The fourth-order valence-electron chi connectivity index (χ4n) is 0.361. The van der Waals surface area contributed by atoms with E-state index in [0.29, 0.717) is 0 Å². The van der Waals surface area contributed by atoms with Crippen molar-refractivity contribution in [3.8, 4) is 0 Å². The van der Waals surface area contributed by atoms with Crippen molar-refractivity contribution >= 4 is 0 Å². The summed E-state index contributed by atoms with van der Waals surface area (Å²) in [6.45, 7) is 2.67. The van der Waals surface area contributed by atoms with Crippen LogP contribution in [0.1, 0.15) is 1.43 Å². The summed E-state index contributed by atoms with van der Waals surface area (Å²) in [5.41, 5.74) is 0. The van der Waals surface area contributed by atoms with E-state index in [1.54, 1.807) is 0 Å². The average Bonchev–Trinajstić information content (AvgIpc) is 1.76. The molecule has 5 heavy (non-hydrogen) atoms. The molecule has 0 spiro atoms. The first-order chi connectivity index (χ1) is 2.50. The molecule has 0 aliphatic carbocycles. The summed E-state index contributed by atoms with van der Waals surface area (Å²) in [7, 11) is 0. The molecular weight excluding hydrogens is 66.0 g/mol. The van der Waals surface area contributed by atoms with Gasteiger partial charge in [0.25, 0.3) is 0 Å². The average molecular weight is 74.1 g/mol. The SMILES string of the molecule is C1COCN1.[H+]. The molecule has 30 valence electrons. The zero-order valence-electron chi connectivity index (χ0n) is 4.03. The Balaban J connectivity index is 0.000000250. The minimum atomic E-state index is 0. The summed E-state index contributed by atoms with van der Waals surface area (Å²) in [5.74, 6) is 0. The monoisotopic (exact) mass is 74.1 g/mol. The molecule has 0 aromatic rings. The van der Waals surface area contributed by atoms with Gasteiger partial charge in [-0.05, 0) is 0 Å². The molecule has 1 aliphatic heterocycles. The van der Waals surface area contributed by atoms with Gasteiger partial charge in [-0.1, -0.05) is 0 Å². The third-order valence-corrected chi connectivity index (χ3v) is 0.627. The van der Waals surface area contributed by atoms with Crippen LogP contribution in [0.2, 0.25) is 0 Å². The van der Waals surface area contributed by atoms with Crippen molar-refractivity contribution in [2.75, 3.05) is 19.9 Å². The molecule has 0 atom stereocenters. The summed E-state index contributed by atoms with van der Waals surface area (Å²) < 4.78 is 4.83. The standard InChI is InChI=1S/C3H7NO/c1-2-5-3-4-1/h4H,1-3H2/p+1. The number of hydrogen-bond acceptors (Lipinski definition) is 2. The highest BCUT2D eigenvalue weighted by Crippen LogP contribution is 1.75. The van der Waals surface area contributed by atoms with Crippen molar-refractivity contribution in [2.45, 2.75) is 0 Å². The third kappa shape index (κ3) is 0.597. The first-order valence-electron chi connectivity index (χ1n) is 1.78. The van der Waals surface area contributed by atoms with E-state index in [1.807, 2.05) is 0 Å². The zero-order chi connectivity index (χ0) is 3.54. The maximum atomic E-state index is 4.83. The molecule has 0 bridgehead atoms. The van der Waals surface area contributed by atoms with E-state index in [0.717, 1.165) is 19.9 Å². The van der Waals surface area contributed by atoms with Crippen LogP contribution in [0.5, 0.6) is 0 Å². The van der Waals surface area contributed by atoms with Crippen molar-refractivity contribution in [1.82, 2.24) is 5.32 Å². The van der Waals surface area contributed by atoms with Gasteiger partial charge in [-0.15, -0.1) is 0 Å². The van der Waals surface area contributed by atoms with Gasteiger partial charge in [0, 0.05) is 6.54 Å². The van der Waals surface area contributed by atoms with Gasteiger partial charge in [0.1, 0.15) is 0 Å². The van der Waals surface area contributed by atoms with Gasteiger partial charge < -0.3 is 4.74 Å². The van der Waals surface area contributed by atoms with E-state index in [2.05, 4.69) is 5.32 Å². The molecule has 2 heteroatoms. The maximum absolute atomic E-state index is 4.83. The third-order valence-electron chi connectivity index (χ3n) is 0.627. The number of rotatable bonds is 0. The second-order valence-electron chi connectivity index (χ2n) is 1.05. The Labute approximate surface area is 32.6 Å². The van der Waals surface area contributed by atoms with Crippen LogP contribution in [-0.2, 0) is 4.74 Å². The van der Waals surface area contributed by atoms with Crippen LogP contribution in [-0.4, -0.2) is 19.9 Å². The van der Waals surface area contributed by atoms with E-state index in [4.69, 9.17) is 4.74 Å². The Hall–Kier alpha value is -0.0800. The topological polar surface area (TPSA) is 21.3 Å². The van der Waals surface area contributed by atoms with Gasteiger partial charge in [0.05, 0.1) is 13.3 Å². The lowest BCUT2D eigenvalue weighted by Crippen LogP contribution is -2.05. The molecule has 0 radical (unpaired) electrons. The maximum Gasteiger partial charge on any atom is 1.00 e. The van der Waals surface area contributed by atoms with Crippen molar-refractivity contribution in [1.29, 1.82) is 0 Å².